The molecule has 0 aliphatic heterocycles. The Morgan fingerprint density at radius 2 is 1.71 bits per heavy atom. The van der Waals surface area contributed by atoms with Crippen molar-refractivity contribution in [2.75, 3.05) is 5.32 Å². The van der Waals surface area contributed by atoms with Crippen molar-refractivity contribution in [1.29, 1.82) is 0 Å². The van der Waals surface area contributed by atoms with Crippen LogP contribution in [-0.2, 0) is 6.54 Å². The summed E-state index contributed by atoms with van der Waals surface area (Å²) in [4.78, 5) is 0. The van der Waals surface area contributed by atoms with Crippen molar-refractivity contribution < 1.29 is 8.78 Å². The maximum Gasteiger partial charge on any atom is 0.128 e. The van der Waals surface area contributed by atoms with E-state index in [1.54, 1.807) is 24.3 Å². The average Bonchev–Trinajstić information content (AvgIpc) is 2.32. The highest BCUT2D eigenvalue weighted by atomic mass is 79.9. The lowest BCUT2D eigenvalue weighted by molar-refractivity contribution is 0.612. The van der Waals surface area contributed by atoms with Gasteiger partial charge in [-0.3, -0.25) is 0 Å². The van der Waals surface area contributed by atoms with Gasteiger partial charge in [-0.1, -0.05) is 15.9 Å². The first-order chi connectivity index (χ1) is 8.15. The molecule has 0 aromatic heterocycles. The zero-order valence-electron chi connectivity index (χ0n) is 8.88. The molecule has 0 saturated carbocycles. The zero-order chi connectivity index (χ0) is 12.3. The molecule has 2 aromatic carbocycles. The van der Waals surface area contributed by atoms with Crippen LogP contribution >= 0.6 is 15.9 Å². The van der Waals surface area contributed by atoms with Crippen molar-refractivity contribution in [2.45, 2.75) is 6.54 Å². The smallest absolute Gasteiger partial charge is 0.128 e. The number of hydrogen-bond acceptors (Lipinski definition) is 1. The monoisotopic (exact) mass is 297 g/mol. The topological polar surface area (TPSA) is 12.0 Å². The highest BCUT2D eigenvalue weighted by molar-refractivity contribution is 9.10. The maximum absolute atomic E-state index is 13.4. The van der Waals surface area contributed by atoms with Gasteiger partial charge in [-0.15, -0.1) is 0 Å². The van der Waals surface area contributed by atoms with E-state index in [4.69, 9.17) is 0 Å². The lowest BCUT2D eigenvalue weighted by atomic mass is 10.2. The predicted octanol–water partition coefficient (Wildman–Crippen LogP) is 4.34. The molecule has 0 unspecified atom stereocenters. The molecule has 4 heteroatoms. The molecule has 0 bridgehead atoms. The summed E-state index contributed by atoms with van der Waals surface area (Å²) in [5.41, 5.74) is 1.31. The van der Waals surface area contributed by atoms with E-state index in [0.717, 1.165) is 10.2 Å². The summed E-state index contributed by atoms with van der Waals surface area (Å²) < 4.78 is 26.9. The van der Waals surface area contributed by atoms with E-state index in [1.165, 1.54) is 18.2 Å². The Balaban J connectivity index is 2.07. The summed E-state index contributed by atoms with van der Waals surface area (Å²) in [6.45, 7) is 0.358. The van der Waals surface area contributed by atoms with E-state index >= 15 is 0 Å². The SMILES string of the molecule is Fc1ccc(NCc2cc(Br)ccc2F)cc1. The molecular weight excluding hydrogens is 288 g/mol. The first-order valence-corrected chi connectivity index (χ1v) is 5.88. The molecule has 0 fully saturated rings. The minimum atomic E-state index is -0.288. The van der Waals surface area contributed by atoms with E-state index in [1.807, 2.05) is 0 Å². The van der Waals surface area contributed by atoms with Crippen LogP contribution in [0, 0.1) is 11.6 Å². The molecule has 2 aromatic rings. The molecule has 0 aliphatic rings. The summed E-state index contributed by atoms with van der Waals surface area (Å²) in [6.07, 6.45) is 0. The third-order valence-electron chi connectivity index (χ3n) is 2.33. The summed E-state index contributed by atoms with van der Waals surface area (Å²) in [5.74, 6) is -0.549. The molecular formula is C13H10BrF2N. The van der Waals surface area contributed by atoms with Gasteiger partial charge in [-0.2, -0.15) is 0 Å². The second kappa shape index (κ2) is 5.27. The normalized spacial score (nSPS) is 10.3. The van der Waals surface area contributed by atoms with Crippen molar-refractivity contribution in [3.05, 3.63) is 64.1 Å². The van der Waals surface area contributed by atoms with Crippen molar-refractivity contribution in [1.82, 2.24) is 0 Å². The van der Waals surface area contributed by atoms with E-state index in [0.29, 0.717) is 12.1 Å². The minimum Gasteiger partial charge on any atom is -0.381 e. The van der Waals surface area contributed by atoms with Crippen molar-refractivity contribution in [3.8, 4) is 0 Å². The van der Waals surface area contributed by atoms with Crippen LogP contribution in [0.2, 0.25) is 0 Å². The lowest BCUT2D eigenvalue weighted by Crippen LogP contribution is -2.01. The van der Waals surface area contributed by atoms with Crippen LogP contribution in [0.25, 0.3) is 0 Å². The largest absolute Gasteiger partial charge is 0.381 e. The standard InChI is InChI=1S/C13H10BrF2N/c14-10-1-6-13(16)9(7-10)8-17-12-4-2-11(15)3-5-12/h1-7,17H,8H2. The fraction of sp³-hybridized carbons (Fsp3) is 0.0769. The summed E-state index contributed by atoms with van der Waals surface area (Å²) in [7, 11) is 0. The number of hydrogen-bond donors (Lipinski definition) is 1. The third kappa shape index (κ3) is 3.27. The summed E-state index contributed by atoms with van der Waals surface area (Å²) in [6, 6.07) is 10.7. The number of nitrogens with one attached hydrogen (secondary N) is 1. The van der Waals surface area contributed by atoms with Gasteiger partial charge in [0, 0.05) is 22.3 Å². The second-order valence-electron chi connectivity index (χ2n) is 3.60. The van der Waals surface area contributed by atoms with Gasteiger partial charge in [-0.05, 0) is 42.5 Å². The summed E-state index contributed by atoms with van der Waals surface area (Å²) in [5, 5.41) is 3.03. The number of anilines is 1. The molecule has 0 atom stereocenters. The highest BCUT2D eigenvalue weighted by Gasteiger charge is 2.02. The van der Waals surface area contributed by atoms with Gasteiger partial charge in [0.1, 0.15) is 11.6 Å². The van der Waals surface area contributed by atoms with Gasteiger partial charge >= 0.3 is 0 Å². The molecule has 17 heavy (non-hydrogen) atoms. The van der Waals surface area contributed by atoms with Gasteiger partial charge in [-0.25, -0.2) is 8.78 Å². The molecule has 0 radical (unpaired) electrons. The lowest BCUT2D eigenvalue weighted by Gasteiger charge is -2.07. The Hall–Kier alpha value is -1.42. The Morgan fingerprint density at radius 3 is 2.41 bits per heavy atom. The van der Waals surface area contributed by atoms with Crippen LogP contribution < -0.4 is 5.32 Å². The fourth-order valence-corrected chi connectivity index (χ4v) is 1.85. The van der Waals surface area contributed by atoms with Gasteiger partial charge in [0.2, 0.25) is 0 Å². The Bertz CT molecular complexity index is 511. The summed E-state index contributed by atoms with van der Waals surface area (Å²) >= 11 is 3.29. The quantitative estimate of drug-likeness (QED) is 0.889. The van der Waals surface area contributed by atoms with Crippen LogP contribution in [0.1, 0.15) is 5.56 Å². The van der Waals surface area contributed by atoms with Crippen LogP contribution in [0.15, 0.2) is 46.9 Å². The van der Waals surface area contributed by atoms with E-state index in [9.17, 15) is 8.78 Å². The first-order valence-electron chi connectivity index (χ1n) is 5.08. The Labute approximate surface area is 107 Å². The third-order valence-corrected chi connectivity index (χ3v) is 2.83. The minimum absolute atomic E-state index is 0.261. The van der Waals surface area contributed by atoms with Crippen molar-refractivity contribution in [2.24, 2.45) is 0 Å². The molecule has 1 N–H and O–H groups in total. The molecule has 0 saturated heterocycles. The number of halogens is 3. The van der Waals surface area contributed by atoms with Crippen LogP contribution in [-0.4, -0.2) is 0 Å². The van der Waals surface area contributed by atoms with E-state index in [-0.39, 0.29) is 11.6 Å². The molecule has 88 valence electrons. The molecule has 1 nitrogen and oxygen atoms in total. The first kappa shape index (κ1) is 12.0. The molecule has 0 amide bonds. The second-order valence-corrected chi connectivity index (χ2v) is 4.51. The molecule has 2 rings (SSSR count). The molecule has 0 heterocycles. The van der Waals surface area contributed by atoms with Crippen molar-refractivity contribution in [3.63, 3.8) is 0 Å². The number of rotatable bonds is 3. The van der Waals surface area contributed by atoms with Crippen molar-refractivity contribution >= 4 is 21.6 Å². The predicted molar refractivity (Wildman–Crippen MR) is 67.8 cm³/mol. The van der Waals surface area contributed by atoms with Crippen LogP contribution in [0.3, 0.4) is 0 Å². The van der Waals surface area contributed by atoms with Gasteiger partial charge in [0.25, 0.3) is 0 Å². The number of benzene rings is 2. The van der Waals surface area contributed by atoms with E-state index in [2.05, 4.69) is 21.2 Å². The molecule has 0 aliphatic carbocycles. The van der Waals surface area contributed by atoms with Crippen LogP contribution in [0.4, 0.5) is 14.5 Å². The Kier molecular flexibility index (Phi) is 3.74. The maximum atomic E-state index is 13.4. The fourth-order valence-electron chi connectivity index (χ4n) is 1.44. The highest BCUT2D eigenvalue weighted by Crippen LogP contribution is 2.17. The van der Waals surface area contributed by atoms with Gasteiger partial charge in [0.05, 0.1) is 0 Å². The zero-order valence-corrected chi connectivity index (χ0v) is 10.5. The van der Waals surface area contributed by atoms with Gasteiger partial charge < -0.3 is 5.32 Å². The average molecular weight is 298 g/mol. The Morgan fingerprint density at radius 1 is 1.00 bits per heavy atom. The van der Waals surface area contributed by atoms with Gasteiger partial charge in [0.15, 0.2) is 0 Å². The van der Waals surface area contributed by atoms with E-state index < -0.39 is 0 Å². The van der Waals surface area contributed by atoms with Crippen LogP contribution in [0.5, 0.6) is 0 Å². The molecule has 0 spiro atoms.